The van der Waals surface area contributed by atoms with Crippen LogP contribution in [0.25, 0.3) is 0 Å². The van der Waals surface area contributed by atoms with E-state index >= 15 is 0 Å². The molecule has 2 aromatic rings. The van der Waals surface area contributed by atoms with Gasteiger partial charge >= 0.3 is 0 Å². The van der Waals surface area contributed by atoms with Crippen LogP contribution in [0.4, 0.5) is 0 Å². The Morgan fingerprint density at radius 1 is 0.708 bits per heavy atom. The maximum Gasteiger partial charge on any atom is 0.244 e. The van der Waals surface area contributed by atoms with E-state index in [1.54, 1.807) is 0 Å². The average Bonchev–Trinajstić information content (AvgIpc) is 2.61. The van der Waals surface area contributed by atoms with Gasteiger partial charge in [-0.2, -0.15) is 0 Å². The van der Waals surface area contributed by atoms with Gasteiger partial charge in [0.25, 0.3) is 0 Å². The molecule has 2 unspecified atom stereocenters. The number of carbonyl (C=O) groups excluding carboxylic acids is 2. The van der Waals surface area contributed by atoms with Crippen molar-refractivity contribution in [1.82, 2.24) is 10.6 Å². The highest BCUT2D eigenvalue weighted by atomic mass is 16.2. The number of carbonyl (C=O) groups is 2. The van der Waals surface area contributed by atoms with E-state index in [4.69, 9.17) is 0 Å². The molecule has 4 heteroatoms. The van der Waals surface area contributed by atoms with Crippen LogP contribution in [-0.2, 0) is 9.59 Å². The van der Waals surface area contributed by atoms with Crippen LogP contribution < -0.4 is 10.6 Å². The molecule has 0 aliphatic rings. The van der Waals surface area contributed by atoms with Crippen molar-refractivity contribution in [3.8, 4) is 0 Å². The molecular weight excluding hydrogens is 300 g/mol. The van der Waals surface area contributed by atoms with Crippen LogP contribution in [-0.4, -0.2) is 11.8 Å². The van der Waals surface area contributed by atoms with E-state index in [9.17, 15) is 9.59 Å². The minimum absolute atomic E-state index is 0.116. The summed E-state index contributed by atoms with van der Waals surface area (Å²) in [7, 11) is 0. The van der Waals surface area contributed by atoms with Crippen LogP contribution in [0.15, 0.2) is 72.8 Å². The zero-order valence-electron chi connectivity index (χ0n) is 13.9. The predicted molar refractivity (Wildman–Crippen MR) is 95.1 cm³/mol. The number of nitrogens with one attached hydrogen (secondary N) is 2. The molecule has 0 radical (unpaired) electrons. The number of rotatable bonds is 6. The third-order valence-corrected chi connectivity index (χ3v) is 3.70. The molecular formula is C20H22N2O2. The minimum Gasteiger partial charge on any atom is -0.346 e. The van der Waals surface area contributed by atoms with E-state index in [-0.39, 0.29) is 23.9 Å². The molecule has 0 aliphatic heterocycles. The first kappa shape index (κ1) is 17.5. The van der Waals surface area contributed by atoms with E-state index in [0.717, 1.165) is 11.1 Å². The van der Waals surface area contributed by atoms with Crippen molar-refractivity contribution >= 4 is 11.8 Å². The van der Waals surface area contributed by atoms with Crippen LogP contribution in [0.3, 0.4) is 0 Å². The van der Waals surface area contributed by atoms with Crippen LogP contribution in [0, 0.1) is 0 Å². The Morgan fingerprint density at radius 3 is 1.38 bits per heavy atom. The molecule has 0 bridgehead atoms. The third kappa shape index (κ3) is 5.39. The highest BCUT2D eigenvalue weighted by Crippen LogP contribution is 2.11. The fraction of sp³-hybridized carbons (Fsp3) is 0.200. The summed E-state index contributed by atoms with van der Waals surface area (Å²) in [5, 5.41) is 5.66. The van der Waals surface area contributed by atoms with E-state index in [1.165, 1.54) is 12.2 Å². The molecule has 0 saturated carbocycles. The molecule has 0 heterocycles. The molecule has 24 heavy (non-hydrogen) atoms. The molecule has 2 N–H and O–H groups in total. The van der Waals surface area contributed by atoms with Crippen molar-refractivity contribution in [2.45, 2.75) is 25.9 Å². The number of hydrogen-bond acceptors (Lipinski definition) is 2. The summed E-state index contributed by atoms with van der Waals surface area (Å²) in [6, 6.07) is 19.1. The van der Waals surface area contributed by atoms with Gasteiger partial charge in [-0.1, -0.05) is 60.7 Å². The Morgan fingerprint density at radius 2 is 1.04 bits per heavy atom. The van der Waals surface area contributed by atoms with Crippen molar-refractivity contribution in [2.75, 3.05) is 0 Å². The Bertz CT molecular complexity index is 635. The fourth-order valence-electron chi connectivity index (χ4n) is 2.32. The summed E-state index contributed by atoms with van der Waals surface area (Å²) in [5.41, 5.74) is 2.03. The van der Waals surface area contributed by atoms with Crippen molar-refractivity contribution in [3.63, 3.8) is 0 Å². The molecule has 2 amide bonds. The van der Waals surface area contributed by atoms with Crippen LogP contribution in [0.2, 0.25) is 0 Å². The smallest absolute Gasteiger partial charge is 0.244 e. The predicted octanol–water partition coefficient (Wildman–Crippen LogP) is 3.30. The SMILES string of the molecule is CC(NC(=O)/C=C/C(=O)NC(C)c1ccccc1)c1ccccc1. The molecule has 0 fully saturated rings. The normalized spacial score (nSPS) is 13.2. The summed E-state index contributed by atoms with van der Waals surface area (Å²) < 4.78 is 0. The highest BCUT2D eigenvalue weighted by molar-refractivity contribution is 5.96. The van der Waals surface area contributed by atoms with Crippen LogP contribution in [0.1, 0.15) is 37.1 Å². The summed E-state index contributed by atoms with van der Waals surface area (Å²) >= 11 is 0. The van der Waals surface area contributed by atoms with Gasteiger partial charge in [0.05, 0.1) is 12.1 Å². The standard InChI is InChI=1S/C20H22N2O2/c1-15(17-9-5-3-6-10-17)21-19(23)13-14-20(24)22-16(2)18-11-7-4-8-12-18/h3-16H,1-2H3,(H,21,23)(H,22,24)/b14-13+. The molecule has 0 saturated heterocycles. The van der Waals surface area contributed by atoms with Crippen LogP contribution >= 0.6 is 0 Å². The first-order valence-electron chi connectivity index (χ1n) is 7.95. The maximum absolute atomic E-state index is 11.9. The van der Waals surface area contributed by atoms with Gasteiger partial charge < -0.3 is 10.6 Å². The largest absolute Gasteiger partial charge is 0.346 e. The van der Waals surface area contributed by atoms with Gasteiger partial charge in [-0.25, -0.2) is 0 Å². The van der Waals surface area contributed by atoms with Gasteiger partial charge in [0.2, 0.25) is 11.8 Å². The van der Waals surface area contributed by atoms with Crippen molar-refractivity contribution in [1.29, 1.82) is 0 Å². The lowest BCUT2D eigenvalue weighted by molar-refractivity contribution is -0.119. The summed E-state index contributed by atoms with van der Waals surface area (Å²) in [6.07, 6.45) is 2.51. The van der Waals surface area contributed by atoms with E-state index < -0.39 is 0 Å². The van der Waals surface area contributed by atoms with Gasteiger partial charge in [0.1, 0.15) is 0 Å². The highest BCUT2D eigenvalue weighted by Gasteiger charge is 2.09. The van der Waals surface area contributed by atoms with E-state index in [0.29, 0.717) is 0 Å². The quantitative estimate of drug-likeness (QED) is 0.802. The Labute approximate surface area is 142 Å². The molecule has 0 aromatic heterocycles. The van der Waals surface area contributed by atoms with Crippen LogP contribution in [0.5, 0.6) is 0 Å². The first-order valence-corrected chi connectivity index (χ1v) is 7.95. The zero-order valence-corrected chi connectivity index (χ0v) is 13.9. The maximum atomic E-state index is 11.9. The van der Waals surface area contributed by atoms with Gasteiger partial charge in [-0.05, 0) is 25.0 Å². The van der Waals surface area contributed by atoms with Crippen molar-refractivity contribution in [2.24, 2.45) is 0 Å². The van der Waals surface area contributed by atoms with Crippen molar-refractivity contribution < 1.29 is 9.59 Å². The fourth-order valence-corrected chi connectivity index (χ4v) is 2.32. The molecule has 0 aliphatic carbocycles. The van der Waals surface area contributed by atoms with E-state index in [1.807, 2.05) is 74.5 Å². The lowest BCUT2D eigenvalue weighted by Crippen LogP contribution is -2.27. The lowest BCUT2D eigenvalue weighted by Gasteiger charge is -2.13. The molecule has 4 nitrogen and oxygen atoms in total. The third-order valence-electron chi connectivity index (χ3n) is 3.70. The van der Waals surface area contributed by atoms with Gasteiger partial charge in [-0.3, -0.25) is 9.59 Å². The second-order valence-corrected chi connectivity index (χ2v) is 5.62. The second kappa shape index (κ2) is 8.67. The molecule has 0 spiro atoms. The Hall–Kier alpha value is -2.88. The number of amides is 2. The van der Waals surface area contributed by atoms with Gasteiger partial charge in [-0.15, -0.1) is 0 Å². The summed E-state index contributed by atoms with van der Waals surface area (Å²) in [4.78, 5) is 23.8. The Kier molecular flexibility index (Phi) is 6.32. The minimum atomic E-state index is -0.297. The van der Waals surface area contributed by atoms with Gasteiger partial charge in [0, 0.05) is 12.2 Å². The molecule has 2 atom stereocenters. The second-order valence-electron chi connectivity index (χ2n) is 5.62. The summed E-state index contributed by atoms with van der Waals surface area (Å²) in [5.74, 6) is -0.595. The molecule has 124 valence electrons. The van der Waals surface area contributed by atoms with Gasteiger partial charge in [0.15, 0.2) is 0 Å². The molecule has 2 aromatic carbocycles. The van der Waals surface area contributed by atoms with E-state index in [2.05, 4.69) is 10.6 Å². The summed E-state index contributed by atoms with van der Waals surface area (Å²) in [6.45, 7) is 3.80. The number of hydrogen-bond donors (Lipinski definition) is 2. The number of benzene rings is 2. The topological polar surface area (TPSA) is 58.2 Å². The molecule has 2 rings (SSSR count). The lowest BCUT2D eigenvalue weighted by atomic mass is 10.1. The Balaban J connectivity index is 1.83. The average molecular weight is 322 g/mol. The zero-order chi connectivity index (χ0) is 17.4. The first-order chi connectivity index (χ1) is 11.6. The monoisotopic (exact) mass is 322 g/mol. The van der Waals surface area contributed by atoms with Crippen molar-refractivity contribution in [3.05, 3.63) is 83.9 Å².